The maximum Gasteiger partial charge on any atom is 0.356 e. The Balaban J connectivity index is 1.76. The molecule has 1 aromatic carbocycles. The first kappa shape index (κ1) is 22.2. The van der Waals surface area contributed by atoms with Gasteiger partial charge < -0.3 is 14.5 Å². The van der Waals surface area contributed by atoms with Crippen LogP contribution in [-0.2, 0) is 19.1 Å². The second-order valence-electron chi connectivity index (χ2n) is 6.73. The van der Waals surface area contributed by atoms with Crippen LogP contribution in [0.2, 0.25) is 0 Å². The van der Waals surface area contributed by atoms with Gasteiger partial charge in [-0.1, -0.05) is 43.0 Å². The summed E-state index contributed by atoms with van der Waals surface area (Å²) in [5.74, 6) is -2.53. The predicted molar refractivity (Wildman–Crippen MR) is 116 cm³/mol. The van der Waals surface area contributed by atoms with Gasteiger partial charge >= 0.3 is 5.97 Å². The Bertz CT molecular complexity index is 1120. The quantitative estimate of drug-likeness (QED) is 0.391. The minimum absolute atomic E-state index is 0.0695. The van der Waals surface area contributed by atoms with E-state index >= 15 is 0 Å². The summed E-state index contributed by atoms with van der Waals surface area (Å²) in [6.45, 7) is 8.25. The molecule has 0 aliphatic carbocycles. The fraction of sp³-hybridized carbons (Fsp3) is 0.0833. The SMILES string of the molecule is C=CC1=C(C=C)C(=O)N(COC(=O)/C(=C\c2ccco2)NC(=O)c2ccc(C)cc2)C1=O. The molecule has 0 bridgehead atoms. The normalized spacial score (nSPS) is 13.9. The maximum absolute atomic E-state index is 12.7. The first-order valence-corrected chi connectivity index (χ1v) is 9.51. The fourth-order valence-corrected chi connectivity index (χ4v) is 2.89. The van der Waals surface area contributed by atoms with E-state index in [1.54, 1.807) is 36.4 Å². The lowest BCUT2D eigenvalue weighted by molar-refractivity contribution is -0.152. The number of aryl methyl sites for hydroxylation is 1. The van der Waals surface area contributed by atoms with Crippen molar-refractivity contribution >= 4 is 29.8 Å². The molecule has 1 N–H and O–H groups in total. The lowest BCUT2D eigenvalue weighted by atomic mass is 10.1. The number of carbonyl (C=O) groups is 4. The van der Waals surface area contributed by atoms with Gasteiger partial charge in [-0.15, -0.1) is 0 Å². The number of hydrogen-bond donors (Lipinski definition) is 1. The molecule has 2 aromatic rings. The van der Waals surface area contributed by atoms with E-state index in [2.05, 4.69) is 18.5 Å². The molecule has 2 heterocycles. The molecule has 1 aliphatic heterocycles. The molecular formula is C24H20N2O6. The monoisotopic (exact) mass is 432 g/mol. The standard InChI is InChI=1S/C24H20N2O6/c1-4-18-19(5-2)23(29)26(22(18)28)14-32-24(30)20(13-17-7-6-12-31-17)25-21(27)16-10-8-15(3)9-11-16/h4-13H,1-2,14H2,3H3,(H,25,27)/b20-13+. The number of furan rings is 1. The van der Waals surface area contributed by atoms with Crippen LogP contribution in [0.5, 0.6) is 0 Å². The number of imide groups is 1. The summed E-state index contributed by atoms with van der Waals surface area (Å²) >= 11 is 0. The van der Waals surface area contributed by atoms with Crippen molar-refractivity contribution in [1.82, 2.24) is 10.2 Å². The Morgan fingerprint density at radius 2 is 1.69 bits per heavy atom. The van der Waals surface area contributed by atoms with Crippen LogP contribution >= 0.6 is 0 Å². The second-order valence-corrected chi connectivity index (χ2v) is 6.73. The third-order valence-electron chi connectivity index (χ3n) is 4.59. The highest BCUT2D eigenvalue weighted by atomic mass is 16.5. The van der Waals surface area contributed by atoms with Crippen LogP contribution in [0.1, 0.15) is 21.7 Å². The van der Waals surface area contributed by atoms with E-state index in [1.807, 2.05) is 6.92 Å². The molecule has 8 nitrogen and oxygen atoms in total. The molecule has 1 aliphatic rings. The van der Waals surface area contributed by atoms with Crippen LogP contribution in [0, 0.1) is 6.92 Å². The zero-order valence-electron chi connectivity index (χ0n) is 17.3. The number of nitrogens with one attached hydrogen (secondary N) is 1. The third kappa shape index (κ3) is 4.65. The van der Waals surface area contributed by atoms with Crippen LogP contribution in [0.15, 0.2) is 89.2 Å². The molecule has 3 rings (SSSR count). The maximum atomic E-state index is 12.7. The molecule has 32 heavy (non-hydrogen) atoms. The number of carbonyl (C=O) groups excluding carboxylic acids is 4. The predicted octanol–water partition coefficient (Wildman–Crippen LogP) is 2.90. The van der Waals surface area contributed by atoms with Gasteiger partial charge in [0.05, 0.1) is 17.4 Å². The summed E-state index contributed by atoms with van der Waals surface area (Å²) < 4.78 is 10.3. The van der Waals surface area contributed by atoms with Crippen molar-refractivity contribution in [3.05, 3.63) is 102 Å². The van der Waals surface area contributed by atoms with E-state index < -0.39 is 30.4 Å². The molecule has 1 aromatic heterocycles. The van der Waals surface area contributed by atoms with Crippen molar-refractivity contribution < 1.29 is 28.3 Å². The molecule has 0 saturated heterocycles. The number of hydrogen-bond acceptors (Lipinski definition) is 6. The number of benzene rings is 1. The van der Waals surface area contributed by atoms with Crippen molar-refractivity contribution in [2.45, 2.75) is 6.92 Å². The Hall–Kier alpha value is -4.46. The summed E-state index contributed by atoms with van der Waals surface area (Å²) in [7, 11) is 0. The first-order valence-electron chi connectivity index (χ1n) is 9.51. The van der Waals surface area contributed by atoms with E-state index in [-0.39, 0.29) is 16.8 Å². The molecule has 0 saturated carbocycles. The highest BCUT2D eigenvalue weighted by molar-refractivity contribution is 6.21. The van der Waals surface area contributed by atoms with Gasteiger partial charge in [0.15, 0.2) is 6.73 Å². The van der Waals surface area contributed by atoms with Crippen LogP contribution in [0.3, 0.4) is 0 Å². The number of ether oxygens (including phenoxy) is 1. The van der Waals surface area contributed by atoms with Crippen molar-refractivity contribution in [2.24, 2.45) is 0 Å². The Labute approximate surface area is 184 Å². The largest absolute Gasteiger partial charge is 0.465 e. The van der Waals surface area contributed by atoms with Gasteiger partial charge in [0.1, 0.15) is 11.5 Å². The van der Waals surface area contributed by atoms with Gasteiger partial charge in [-0.25, -0.2) is 9.69 Å². The average Bonchev–Trinajstić information content (AvgIpc) is 3.37. The molecule has 0 fully saturated rings. The number of rotatable bonds is 8. The molecule has 162 valence electrons. The lowest BCUT2D eigenvalue weighted by Gasteiger charge is -2.16. The summed E-state index contributed by atoms with van der Waals surface area (Å²) in [5.41, 5.74) is 1.21. The molecule has 3 amide bonds. The van der Waals surface area contributed by atoms with Gasteiger partial charge in [-0.3, -0.25) is 14.4 Å². The fourth-order valence-electron chi connectivity index (χ4n) is 2.89. The highest BCUT2D eigenvalue weighted by Crippen LogP contribution is 2.22. The van der Waals surface area contributed by atoms with E-state index in [0.717, 1.165) is 10.5 Å². The van der Waals surface area contributed by atoms with Crippen molar-refractivity contribution in [3.8, 4) is 0 Å². The third-order valence-corrected chi connectivity index (χ3v) is 4.59. The summed E-state index contributed by atoms with van der Waals surface area (Å²) in [6, 6.07) is 9.93. The van der Waals surface area contributed by atoms with Crippen LogP contribution < -0.4 is 5.32 Å². The zero-order valence-corrected chi connectivity index (χ0v) is 17.3. The van der Waals surface area contributed by atoms with E-state index in [4.69, 9.17) is 9.15 Å². The Morgan fingerprint density at radius 3 is 2.22 bits per heavy atom. The van der Waals surface area contributed by atoms with Gasteiger partial charge in [-0.05, 0) is 31.2 Å². The molecule has 0 spiro atoms. The highest BCUT2D eigenvalue weighted by Gasteiger charge is 2.36. The molecular weight excluding hydrogens is 412 g/mol. The molecule has 8 heteroatoms. The van der Waals surface area contributed by atoms with Crippen LogP contribution in [0.4, 0.5) is 0 Å². The number of nitrogens with zero attached hydrogens (tertiary/aromatic N) is 1. The summed E-state index contributed by atoms with van der Waals surface area (Å²) in [5, 5.41) is 2.49. The Morgan fingerprint density at radius 1 is 1.06 bits per heavy atom. The van der Waals surface area contributed by atoms with Gasteiger partial charge in [0.25, 0.3) is 17.7 Å². The molecule has 0 radical (unpaired) electrons. The van der Waals surface area contributed by atoms with Crippen LogP contribution in [-0.4, -0.2) is 35.3 Å². The smallest absolute Gasteiger partial charge is 0.356 e. The summed E-state index contributed by atoms with van der Waals surface area (Å²) in [6.07, 6.45) is 5.16. The minimum atomic E-state index is -0.963. The average molecular weight is 432 g/mol. The van der Waals surface area contributed by atoms with E-state index in [1.165, 1.54) is 24.5 Å². The van der Waals surface area contributed by atoms with Gasteiger partial charge in [0, 0.05) is 11.6 Å². The first-order chi connectivity index (χ1) is 15.3. The topological polar surface area (TPSA) is 106 Å². The van der Waals surface area contributed by atoms with Crippen molar-refractivity contribution in [2.75, 3.05) is 6.73 Å². The second kappa shape index (κ2) is 9.57. The van der Waals surface area contributed by atoms with E-state index in [9.17, 15) is 19.2 Å². The van der Waals surface area contributed by atoms with Crippen molar-refractivity contribution in [1.29, 1.82) is 0 Å². The lowest BCUT2D eigenvalue weighted by Crippen LogP contribution is -2.36. The van der Waals surface area contributed by atoms with E-state index in [0.29, 0.717) is 11.3 Å². The number of esters is 1. The molecule has 0 unspecified atom stereocenters. The number of amides is 3. The molecule has 0 atom stereocenters. The zero-order chi connectivity index (χ0) is 23.3. The van der Waals surface area contributed by atoms with Crippen LogP contribution in [0.25, 0.3) is 6.08 Å². The Kier molecular flexibility index (Phi) is 6.65. The van der Waals surface area contributed by atoms with Gasteiger partial charge in [0.2, 0.25) is 0 Å². The van der Waals surface area contributed by atoms with Crippen molar-refractivity contribution in [3.63, 3.8) is 0 Å². The minimum Gasteiger partial charge on any atom is -0.465 e. The summed E-state index contributed by atoms with van der Waals surface area (Å²) in [4.78, 5) is 50.8. The van der Waals surface area contributed by atoms with Gasteiger partial charge in [-0.2, -0.15) is 0 Å².